The molecule has 0 aromatic rings. The Morgan fingerprint density at radius 1 is 1.00 bits per heavy atom. The molecule has 3 fully saturated rings. The van der Waals surface area contributed by atoms with Crippen molar-refractivity contribution < 1.29 is 14.7 Å². The molecule has 2 aliphatic carbocycles. The number of imide groups is 1. The number of aliphatic hydroxyl groups is 1. The molecule has 0 aromatic carbocycles. The molecule has 4 nitrogen and oxygen atoms in total. The van der Waals surface area contributed by atoms with E-state index in [0.717, 1.165) is 38.5 Å². The molecule has 3 rings (SSSR count). The Kier molecular flexibility index (Phi) is 2.69. The van der Waals surface area contributed by atoms with E-state index in [0.29, 0.717) is 0 Å². The number of likely N-dealkylation sites (tertiary alicyclic amines) is 1. The first-order chi connectivity index (χ1) is 8.24. The number of fused-ring (bicyclic) bond motifs is 1. The molecule has 0 aromatic heterocycles. The Labute approximate surface area is 101 Å². The van der Waals surface area contributed by atoms with Crippen molar-refractivity contribution in [2.45, 2.75) is 44.6 Å². The second-order valence-corrected chi connectivity index (χ2v) is 5.63. The SMILES string of the molecule is O=C1C2CCCC2C(=O)N1C1CCCC1CO. The molecule has 2 saturated carbocycles. The first kappa shape index (κ1) is 11.2. The van der Waals surface area contributed by atoms with E-state index >= 15 is 0 Å². The van der Waals surface area contributed by atoms with Crippen molar-refractivity contribution >= 4 is 11.8 Å². The molecule has 17 heavy (non-hydrogen) atoms. The summed E-state index contributed by atoms with van der Waals surface area (Å²) in [5.41, 5.74) is 0. The number of amides is 2. The molecule has 0 radical (unpaired) electrons. The first-order valence-electron chi connectivity index (χ1n) is 6.72. The van der Waals surface area contributed by atoms with Crippen molar-refractivity contribution in [3.05, 3.63) is 0 Å². The van der Waals surface area contributed by atoms with Crippen molar-refractivity contribution in [2.75, 3.05) is 6.61 Å². The van der Waals surface area contributed by atoms with Gasteiger partial charge >= 0.3 is 0 Å². The Hall–Kier alpha value is -0.900. The number of hydrogen-bond donors (Lipinski definition) is 1. The molecule has 1 saturated heterocycles. The van der Waals surface area contributed by atoms with Gasteiger partial charge in [0.2, 0.25) is 11.8 Å². The van der Waals surface area contributed by atoms with Crippen LogP contribution in [0.15, 0.2) is 0 Å². The predicted molar refractivity (Wildman–Crippen MR) is 60.9 cm³/mol. The van der Waals surface area contributed by atoms with Crippen LogP contribution in [0.3, 0.4) is 0 Å². The molecule has 1 N–H and O–H groups in total. The molecule has 4 atom stereocenters. The van der Waals surface area contributed by atoms with Crippen LogP contribution in [0.25, 0.3) is 0 Å². The third-order valence-corrected chi connectivity index (χ3v) is 4.81. The lowest BCUT2D eigenvalue weighted by molar-refractivity contribution is -0.144. The summed E-state index contributed by atoms with van der Waals surface area (Å²) in [6.07, 6.45) is 5.59. The maximum Gasteiger partial charge on any atom is 0.233 e. The zero-order valence-electron chi connectivity index (χ0n) is 9.97. The minimum atomic E-state index is -0.0394. The Morgan fingerprint density at radius 3 is 2.18 bits per heavy atom. The smallest absolute Gasteiger partial charge is 0.233 e. The standard InChI is InChI=1S/C13H19NO3/c15-7-8-3-1-6-11(8)14-12(16)9-4-2-5-10(9)13(14)17/h8-11,15H,1-7H2. The van der Waals surface area contributed by atoms with E-state index in [1.807, 2.05) is 0 Å². The average molecular weight is 237 g/mol. The summed E-state index contributed by atoms with van der Waals surface area (Å²) in [6, 6.07) is -0.0226. The minimum absolute atomic E-state index is 0.0226. The van der Waals surface area contributed by atoms with E-state index in [1.54, 1.807) is 0 Å². The lowest BCUT2D eigenvalue weighted by Crippen LogP contribution is -2.44. The van der Waals surface area contributed by atoms with Crippen LogP contribution in [0.1, 0.15) is 38.5 Å². The molecule has 4 heteroatoms. The highest BCUT2D eigenvalue weighted by atomic mass is 16.3. The first-order valence-corrected chi connectivity index (χ1v) is 6.72. The quantitative estimate of drug-likeness (QED) is 0.727. The molecule has 2 amide bonds. The zero-order valence-corrected chi connectivity index (χ0v) is 9.97. The van der Waals surface area contributed by atoms with Crippen LogP contribution in [0.5, 0.6) is 0 Å². The van der Waals surface area contributed by atoms with Crippen molar-refractivity contribution in [3.8, 4) is 0 Å². The summed E-state index contributed by atoms with van der Waals surface area (Å²) < 4.78 is 0. The van der Waals surface area contributed by atoms with Crippen LogP contribution in [0.2, 0.25) is 0 Å². The van der Waals surface area contributed by atoms with E-state index in [4.69, 9.17) is 0 Å². The minimum Gasteiger partial charge on any atom is -0.396 e. The van der Waals surface area contributed by atoms with Gasteiger partial charge < -0.3 is 5.11 Å². The van der Waals surface area contributed by atoms with Gasteiger partial charge in [0.05, 0.1) is 11.8 Å². The van der Waals surface area contributed by atoms with Crippen molar-refractivity contribution in [2.24, 2.45) is 17.8 Å². The molecule has 3 aliphatic rings. The fourth-order valence-electron chi connectivity index (χ4n) is 3.91. The normalized spacial score (nSPS) is 41.4. The number of carbonyl (C=O) groups excluding carboxylic acids is 2. The van der Waals surface area contributed by atoms with E-state index in [2.05, 4.69) is 0 Å². The average Bonchev–Trinajstić information content (AvgIpc) is 3.00. The lowest BCUT2D eigenvalue weighted by Gasteiger charge is -2.27. The van der Waals surface area contributed by atoms with E-state index < -0.39 is 0 Å². The number of nitrogens with zero attached hydrogens (tertiary/aromatic N) is 1. The molecule has 1 aliphatic heterocycles. The largest absolute Gasteiger partial charge is 0.396 e. The van der Waals surface area contributed by atoms with Crippen molar-refractivity contribution in [1.29, 1.82) is 0 Å². The van der Waals surface area contributed by atoms with Crippen LogP contribution in [-0.4, -0.2) is 34.5 Å². The number of rotatable bonds is 2. The van der Waals surface area contributed by atoms with Gasteiger partial charge in [-0.1, -0.05) is 12.8 Å². The Bertz CT molecular complexity index is 333. The second kappa shape index (κ2) is 4.09. The number of hydrogen-bond acceptors (Lipinski definition) is 3. The van der Waals surface area contributed by atoms with Gasteiger partial charge in [-0.2, -0.15) is 0 Å². The van der Waals surface area contributed by atoms with Gasteiger partial charge in [0.1, 0.15) is 0 Å². The fourth-order valence-corrected chi connectivity index (χ4v) is 3.91. The molecule has 4 unspecified atom stereocenters. The maximum atomic E-state index is 12.3. The van der Waals surface area contributed by atoms with Crippen LogP contribution in [-0.2, 0) is 9.59 Å². The van der Waals surface area contributed by atoms with Crippen molar-refractivity contribution in [1.82, 2.24) is 4.90 Å². The highest BCUT2D eigenvalue weighted by molar-refractivity contribution is 6.05. The molecule has 94 valence electrons. The second-order valence-electron chi connectivity index (χ2n) is 5.63. The van der Waals surface area contributed by atoms with Gasteiger partial charge in [0, 0.05) is 18.6 Å². The molecular formula is C13H19NO3. The van der Waals surface area contributed by atoms with Gasteiger partial charge in [-0.15, -0.1) is 0 Å². The van der Waals surface area contributed by atoms with Crippen molar-refractivity contribution in [3.63, 3.8) is 0 Å². The Balaban J connectivity index is 1.84. The summed E-state index contributed by atoms with van der Waals surface area (Å²) in [4.78, 5) is 26.1. The van der Waals surface area contributed by atoms with E-state index in [9.17, 15) is 14.7 Å². The Morgan fingerprint density at radius 2 is 1.59 bits per heavy atom. The number of carbonyl (C=O) groups is 2. The summed E-state index contributed by atoms with van der Waals surface area (Å²) in [6.45, 7) is 0.0943. The maximum absolute atomic E-state index is 12.3. The third kappa shape index (κ3) is 1.53. The van der Waals surface area contributed by atoms with Crippen LogP contribution >= 0.6 is 0 Å². The third-order valence-electron chi connectivity index (χ3n) is 4.81. The van der Waals surface area contributed by atoms with E-state index in [1.165, 1.54) is 4.90 Å². The van der Waals surface area contributed by atoms with Gasteiger partial charge in [-0.25, -0.2) is 0 Å². The monoisotopic (exact) mass is 237 g/mol. The molecular weight excluding hydrogens is 218 g/mol. The zero-order chi connectivity index (χ0) is 12.0. The summed E-state index contributed by atoms with van der Waals surface area (Å²) in [7, 11) is 0. The van der Waals surface area contributed by atoms with Gasteiger partial charge in [0.25, 0.3) is 0 Å². The van der Waals surface area contributed by atoms with Crippen LogP contribution < -0.4 is 0 Å². The van der Waals surface area contributed by atoms with E-state index in [-0.39, 0.29) is 42.2 Å². The number of aliphatic hydroxyl groups excluding tert-OH is 1. The fraction of sp³-hybridized carbons (Fsp3) is 0.846. The van der Waals surface area contributed by atoms with Crippen LogP contribution in [0, 0.1) is 17.8 Å². The molecule has 0 spiro atoms. The predicted octanol–water partition coefficient (Wildman–Crippen LogP) is 0.932. The topological polar surface area (TPSA) is 57.6 Å². The molecule has 0 bridgehead atoms. The molecule has 1 heterocycles. The van der Waals surface area contributed by atoms with Gasteiger partial charge in [0.15, 0.2) is 0 Å². The summed E-state index contributed by atoms with van der Waals surface area (Å²) >= 11 is 0. The summed E-state index contributed by atoms with van der Waals surface area (Å²) in [5, 5.41) is 9.32. The van der Waals surface area contributed by atoms with Crippen LogP contribution in [0.4, 0.5) is 0 Å². The van der Waals surface area contributed by atoms with Gasteiger partial charge in [-0.3, -0.25) is 14.5 Å². The highest BCUT2D eigenvalue weighted by Crippen LogP contribution is 2.43. The summed E-state index contributed by atoms with van der Waals surface area (Å²) in [5.74, 6) is 0.123. The highest BCUT2D eigenvalue weighted by Gasteiger charge is 2.53. The lowest BCUT2D eigenvalue weighted by atomic mass is 10.00. The van der Waals surface area contributed by atoms with Gasteiger partial charge in [-0.05, 0) is 25.7 Å².